The Morgan fingerprint density at radius 2 is 1.45 bits per heavy atom. The highest BCUT2D eigenvalue weighted by molar-refractivity contribution is 7.53. The van der Waals surface area contributed by atoms with Crippen LogP contribution in [0.3, 0.4) is 0 Å². The number of nitrogens with two attached hydrogens (primary N) is 1. The molecule has 2 rings (SSSR count). The van der Waals surface area contributed by atoms with Gasteiger partial charge in [0.1, 0.15) is 11.8 Å². The summed E-state index contributed by atoms with van der Waals surface area (Å²) in [7, 11) is -4.64. The summed E-state index contributed by atoms with van der Waals surface area (Å²) < 4.78 is 43.4. The number of anilines is 1. The van der Waals surface area contributed by atoms with Crippen LogP contribution in [-0.2, 0) is 48.9 Å². The molecule has 0 amide bonds. The van der Waals surface area contributed by atoms with Crippen LogP contribution in [0.1, 0.15) is 34.6 Å². The fourth-order valence-electron chi connectivity index (χ4n) is 2.49. The molecule has 0 radical (unpaired) electrons. The highest BCUT2D eigenvalue weighted by Gasteiger charge is 2.37. The second-order valence-electron chi connectivity index (χ2n) is 8.38. The number of imidazole rings is 1. The highest BCUT2D eigenvalue weighted by Crippen LogP contribution is 2.49. The summed E-state index contributed by atoms with van der Waals surface area (Å²) in [6.45, 7) is 5.35. The number of fused-ring (bicyclic) bond motifs is 1. The predicted octanol–water partition coefficient (Wildman–Crippen LogP) is 2.09. The van der Waals surface area contributed by atoms with Crippen molar-refractivity contribution in [3.8, 4) is 0 Å². The molecule has 0 bridgehead atoms. The van der Waals surface area contributed by atoms with Crippen LogP contribution in [-0.4, -0.2) is 90.0 Å². The quantitative estimate of drug-likeness (QED) is 0.108. The molecule has 19 nitrogen and oxygen atoms in total. The van der Waals surface area contributed by atoms with Gasteiger partial charge in [0.15, 0.2) is 17.3 Å². The molecule has 0 aliphatic rings. The van der Waals surface area contributed by atoms with Gasteiger partial charge in [0, 0.05) is 18.7 Å². The average molecular weight is 621 g/mol. The number of hydrogen-bond acceptors (Lipinski definition) is 15. The van der Waals surface area contributed by atoms with Crippen molar-refractivity contribution < 1.29 is 67.1 Å². The van der Waals surface area contributed by atoms with Crippen molar-refractivity contribution in [3.05, 3.63) is 24.8 Å². The molecular formula is C22H32N5O14P. The molecule has 0 aliphatic carbocycles. The van der Waals surface area contributed by atoms with Gasteiger partial charge in [-0.05, 0) is 34.6 Å². The maximum Gasteiger partial charge on any atom is 0.513 e. The number of nitrogen functional groups attached to an aromatic ring is 1. The Morgan fingerprint density at radius 1 is 0.929 bits per heavy atom. The Labute approximate surface area is 238 Å². The lowest BCUT2D eigenvalue weighted by Crippen LogP contribution is -2.30. The summed E-state index contributed by atoms with van der Waals surface area (Å²) in [4.78, 5) is 65.0. The molecule has 0 fully saturated rings. The van der Waals surface area contributed by atoms with E-state index in [1.165, 1.54) is 19.6 Å². The van der Waals surface area contributed by atoms with Crippen LogP contribution in [0.5, 0.6) is 0 Å². The topological polar surface area (TPSA) is 271 Å². The molecule has 2 aromatic heterocycles. The zero-order valence-corrected chi connectivity index (χ0v) is 24.1. The summed E-state index contributed by atoms with van der Waals surface area (Å²) >= 11 is 0. The SMILES string of the molecule is CC(C)OC(=O)OC(OC(=O)OC(C)C)OP(=O)(O)C(C)OCCn1cnc2c(N)ncnc21.O=C(O)/C=C/C(=O)O. The fourth-order valence-corrected chi connectivity index (χ4v) is 3.29. The second-order valence-corrected chi connectivity index (χ2v) is 10.4. The van der Waals surface area contributed by atoms with E-state index in [-0.39, 0.29) is 19.0 Å². The zero-order chi connectivity index (χ0) is 32.0. The molecule has 2 unspecified atom stereocenters. The van der Waals surface area contributed by atoms with Gasteiger partial charge >= 0.3 is 38.3 Å². The summed E-state index contributed by atoms with van der Waals surface area (Å²) in [5.41, 5.74) is 6.60. The van der Waals surface area contributed by atoms with Crippen LogP contribution >= 0.6 is 7.60 Å². The molecule has 0 aliphatic heterocycles. The van der Waals surface area contributed by atoms with E-state index in [4.69, 9.17) is 34.7 Å². The number of hydrogen-bond donors (Lipinski definition) is 4. The molecule has 2 aromatic rings. The maximum absolute atomic E-state index is 12.7. The molecule has 0 saturated carbocycles. The Balaban J connectivity index is 0.000000962. The monoisotopic (exact) mass is 621 g/mol. The Bertz CT molecular complexity index is 1260. The largest absolute Gasteiger partial charge is 0.513 e. The van der Waals surface area contributed by atoms with Gasteiger partial charge in [0.25, 0.3) is 0 Å². The van der Waals surface area contributed by atoms with E-state index in [1.807, 2.05) is 0 Å². The summed E-state index contributed by atoms with van der Waals surface area (Å²) in [5.74, 6) is -3.71. The first-order chi connectivity index (χ1) is 19.5. The normalized spacial score (nSPS) is 13.4. The highest BCUT2D eigenvalue weighted by atomic mass is 31.2. The molecule has 2 heterocycles. The lowest BCUT2D eigenvalue weighted by Gasteiger charge is -2.24. The van der Waals surface area contributed by atoms with E-state index in [1.54, 1.807) is 32.3 Å². The second kappa shape index (κ2) is 16.8. The Morgan fingerprint density at radius 3 is 1.93 bits per heavy atom. The molecule has 20 heteroatoms. The van der Waals surface area contributed by atoms with Crippen LogP contribution < -0.4 is 5.73 Å². The standard InChI is InChI=1S/C18H28N5O10P.C4H4O4/c1-10(2)29-16(24)31-18(32-17(25)30-11(3)4)33-34(26,27)12(5)28-7-6-23-9-22-13-14(19)20-8-21-15(13)23;5-3(6)1-2-4(7)8/h8-12,18H,6-7H2,1-5H3,(H,26,27)(H2,19,20,21);1-2H,(H,5,6)(H,7,8)/b;2-1+. The molecule has 0 spiro atoms. The van der Waals surface area contributed by atoms with Crippen molar-refractivity contribution in [1.29, 1.82) is 0 Å². The first-order valence-corrected chi connectivity index (χ1v) is 13.6. The summed E-state index contributed by atoms with van der Waals surface area (Å²) in [5, 5.41) is 15.6. The van der Waals surface area contributed by atoms with Gasteiger partial charge in [-0.25, -0.2) is 38.7 Å². The molecule has 5 N–H and O–H groups in total. The number of aliphatic carboxylic acids is 2. The Hall–Kier alpha value is -4.32. The van der Waals surface area contributed by atoms with Crippen molar-refractivity contribution in [2.24, 2.45) is 0 Å². The van der Waals surface area contributed by atoms with E-state index < -0.39 is 56.4 Å². The third kappa shape index (κ3) is 13.4. The van der Waals surface area contributed by atoms with E-state index in [9.17, 15) is 28.6 Å². The number of aromatic nitrogens is 4. The molecule has 0 saturated heterocycles. The van der Waals surface area contributed by atoms with Crippen LogP contribution in [0.2, 0.25) is 0 Å². The van der Waals surface area contributed by atoms with Crippen molar-refractivity contribution in [2.75, 3.05) is 12.3 Å². The molecule has 42 heavy (non-hydrogen) atoms. The van der Waals surface area contributed by atoms with Gasteiger partial charge in [0.2, 0.25) is 0 Å². The van der Waals surface area contributed by atoms with Crippen LogP contribution in [0.25, 0.3) is 11.2 Å². The lowest BCUT2D eigenvalue weighted by atomic mass is 10.5. The minimum Gasteiger partial charge on any atom is -0.478 e. The van der Waals surface area contributed by atoms with Crippen LogP contribution in [0.15, 0.2) is 24.8 Å². The third-order valence-electron chi connectivity index (χ3n) is 4.23. The maximum atomic E-state index is 12.7. The Kier molecular flexibility index (Phi) is 14.3. The smallest absolute Gasteiger partial charge is 0.478 e. The van der Waals surface area contributed by atoms with E-state index >= 15 is 0 Å². The summed E-state index contributed by atoms with van der Waals surface area (Å²) in [6, 6.07) is 0. The minimum atomic E-state index is -4.64. The van der Waals surface area contributed by atoms with Crippen molar-refractivity contribution in [1.82, 2.24) is 19.5 Å². The van der Waals surface area contributed by atoms with Gasteiger partial charge < -0.3 is 49.1 Å². The van der Waals surface area contributed by atoms with Gasteiger partial charge in [-0.15, -0.1) is 0 Å². The first-order valence-electron chi connectivity index (χ1n) is 11.9. The predicted molar refractivity (Wildman–Crippen MR) is 140 cm³/mol. The van der Waals surface area contributed by atoms with E-state index in [0.717, 1.165) is 0 Å². The van der Waals surface area contributed by atoms with E-state index in [0.29, 0.717) is 23.3 Å². The number of carbonyl (C=O) groups is 4. The molecule has 0 aromatic carbocycles. The number of carboxylic acids is 2. The van der Waals surface area contributed by atoms with Crippen LogP contribution in [0.4, 0.5) is 15.4 Å². The number of carbonyl (C=O) groups excluding carboxylic acids is 2. The zero-order valence-electron chi connectivity index (χ0n) is 23.2. The van der Waals surface area contributed by atoms with Crippen LogP contribution in [0, 0.1) is 0 Å². The van der Waals surface area contributed by atoms with Gasteiger partial charge in [-0.2, -0.15) is 0 Å². The third-order valence-corrected chi connectivity index (χ3v) is 5.78. The molecule has 234 valence electrons. The van der Waals surface area contributed by atoms with Crippen molar-refractivity contribution >= 4 is 48.8 Å². The molecular weight excluding hydrogens is 589 g/mol. The van der Waals surface area contributed by atoms with E-state index in [2.05, 4.69) is 24.4 Å². The minimum absolute atomic E-state index is 0.0540. The van der Waals surface area contributed by atoms with Crippen molar-refractivity contribution in [2.45, 2.75) is 65.7 Å². The van der Waals surface area contributed by atoms with Gasteiger partial charge in [0.05, 0.1) is 25.1 Å². The molecule has 2 atom stereocenters. The van der Waals surface area contributed by atoms with Gasteiger partial charge in [-0.3, -0.25) is 4.57 Å². The number of nitrogens with zero attached hydrogens (tertiary/aromatic N) is 4. The summed E-state index contributed by atoms with van der Waals surface area (Å²) in [6.07, 6.45) is 0.141. The lowest BCUT2D eigenvalue weighted by molar-refractivity contribution is -0.210. The number of rotatable bonds is 13. The van der Waals surface area contributed by atoms with Gasteiger partial charge in [-0.1, -0.05) is 0 Å². The fraction of sp³-hybridized carbons (Fsp3) is 0.500. The van der Waals surface area contributed by atoms with Crippen molar-refractivity contribution in [3.63, 3.8) is 0 Å². The number of ether oxygens (including phenoxy) is 5. The number of carboxylic acid groups (broad SMARTS) is 2. The average Bonchev–Trinajstić information content (AvgIpc) is 3.26. The first kappa shape index (κ1) is 35.7.